The molecule has 0 fully saturated rings. The normalized spacial score (nSPS) is 10.8. The van der Waals surface area contributed by atoms with Crippen LogP contribution in [0.2, 0.25) is 5.02 Å². The Bertz CT molecular complexity index is 697. The van der Waals surface area contributed by atoms with Crippen molar-refractivity contribution in [1.29, 1.82) is 0 Å². The second kappa shape index (κ2) is 4.27. The lowest BCUT2D eigenvalue weighted by atomic mass is 10.1. The van der Waals surface area contributed by atoms with E-state index in [1.54, 1.807) is 31.8 Å². The Balaban J connectivity index is 2.27. The van der Waals surface area contributed by atoms with E-state index < -0.39 is 0 Å². The molecule has 0 aromatic carbocycles. The van der Waals surface area contributed by atoms with Gasteiger partial charge in [-0.2, -0.15) is 5.10 Å². The van der Waals surface area contributed by atoms with Crippen molar-refractivity contribution in [1.82, 2.24) is 20.2 Å². The molecule has 3 heterocycles. The van der Waals surface area contributed by atoms with Gasteiger partial charge in [-0.05, 0) is 6.07 Å². The van der Waals surface area contributed by atoms with E-state index in [4.69, 9.17) is 16.3 Å². The molecular formula is C12H9ClN4O. The van der Waals surface area contributed by atoms with Crippen LogP contribution >= 0.6 is 11.6 Å². The molecule has 0 spiro atoms. The van der Waals surface area contributed by atoms with Crippen LogP contribution in [0, 0.1) is 0 Å². The fourth-order valence-electron chi connectivity index (χ4n) is 1.73. The summed E-state index contributed by atoms with van der Waals surface area (Å²) < 4.78 is 5.09. The number of halogens is 1. The molecule has 3 aromatic heterocycles. The monoisotopic (exact) mass is 260 g/mol. The molecule has 0 unspecified atom stereocenters. The van der Waals surface area contributed by atoms with Gasteiger partial charge in [-0.3, -0.25) is 10.1 Å². The molecule has 0 atom stereocenters. The summed E-state index contributed by atoms with van der Waals surface area (Å²) in [6.45, 7) is 0. The fraction of sp³-hybridized carbons (Fsp3) is 0.0833. The number of H-pyrrole nitrogens is 1. The SMILES string of the molecule is COc1ccc2ncc(-c3cn[nH]c3)c(Cl)c2n1. The zero-order chi connectivity index (χ0) is 12.5. The fourth-order valence-corrected chi connectivity index (χ4v) is 2.03. The lowest BCUT2D eigenvalue weighted by Crippen LogP contribution is -1.91. The summed E-state index contributed by atoms with van der Waals surface area (Å²) >= 11 is 6.36. The van der Waals surface area contributed by atoms with Gasteiger partial charge >= 0.3 is 0 Å². The third kappa shape index (κ3) is 1.69. The molecule has 0 amide bonds. The van der Waals surface area contributed by atoms with Crippen LogP contribution < -0.4 is 4.74 Å². The number of fused-ring (bicyclic) bond motifs is 1. The summed E-state index contributed by atoms with van der Waals surface area (Å²) in [6.07, 6.45) is 5.16. The maximum atomic E-state index is 6.36. The molecule has 0 aliphatic heterocycles. The highest BCUT2D eigenvalue weighted by Gasteiger charge is 2.11. The second-order valence-corrected chi connectivity index (χ2v) is 4.07. The molecule has 0 aliphatic carbocycles. The summed E-state index contributed by atoms with van der Waals surface area (Å²) in [4.78, 5) is 8.65. The Kier molecular flexibility index (Phi) is 2.60. The standard InChI is InChI=1S/C12H9ClN4O/c1-18-10-3-2-9-12(17-10)11(13)8(6-14-9)7-4-15-16-5-7/h2-6H,1H3,(H,15,16). The Hall–Kier alpha value is -2.14. The molecule has 5 nitrogen and oxygen atoms in total. The van der Waals surface area contributed by atoms with E-state index in [-0.39, 0.29) is 0 Å². The largest absolute Gasteiger partial charge is 0.481 e. The molecule has 0 radical (unpaired) electrons. The van der Waals surface area contributed by atoms with Gasteiger partial charge in [0.1, 0.15) is 5.52 Å². The molecule has 18 heavy (non-hydrogen) atoms. The van der Waals surface area contributed by atoms with Gasteiger partial charge in [0.25, 0.3) is 0 Å². The van der Waals surface area contributed by atoms with E-state index in [0.717, 1.165) is 16.6 Å². The minimum atomic E-state index is 0.510. The van der Waals surface area contributed by atoms with E-state index in [2.05, 4.69) is 20.2 Å². The summed E-state index contributed by atoms with van der Waals surface area (Å²) in [7, 11) is 1.56. The highest BCUT2D eigenvalue weighted by atomic mass is 35.5. The smallest absolute Gasteiger partial charge is 0.213 e. The van der Waals surface area contributed by atoms with Gasteiger partial charge in [0.2, 0.25) is 5.88 Å². The third-order valence-corrected chi connectivity index (χ3v) is 3.03. The van der Waals surface area contributed by atoms with E-state index in [9.17, 15) is 0 Å². The van der Waals surface area contributed by atoms with Gasteiger partial charge in [-0.15, -0.1) is 0 Å². The minimum absolute atomic E-state index is 0.510. The first-order valence-corrected chi connectivity index (χ1v) is 5.66. The number of methoxy groups -OCH3 is 1. The van der Waals surface area contributed by atoms with Crippen LogP contribution in [0.25, 0.3) is 22.2 Å². The molecule has 3 aromatic rings. The second-order valence-electron chi connectivity index (χ2n) is 3.69. The van der Waals surface area contributed by atoms with Crippen LogP contribution in [0.15, 0.2) is 30.7 Å². The van der Waals surface area contributed by atoms with Crippen LogP contribution in [0.1, 0.15) is 0 Å². The molecule has 0 saturated carbocycles. The quantitative estimate of drug-likeness (QED) is 0.769. The number of pyridine rings is 2. The number of nitrogens with one attached hydrogen (secondary N) is 1. The van der Waals surface area contributed by atoms with Crippen LogP contribution in [-0.4, -0.2) is 27.3 Å². The average Bonchev–Trinajstić information content (AvgIpc) is 2.93. The number of nitrogens with zero attached hydrogens (tertiary/aromatic N) is 3. The van der Waals surface area contributed by atoms with E-state index >= 15 is 0 Å². The van der Waals surface area contributed by atoms with Crippen LogP contribution in [0.5, 0.6) is 5.88 Å². The first-order valence-electron chi connectivity index (χ1n) is 5.28. The van der Waals surface area contributed by atoms with Crippen LogP contribution in [-0.2, 0) is 0 Å². The highest BCUT2D eigenvalue weighted by molar-refractivity contribution is 6.37. The predicted molar refractivity (Wildman–Crippen MR) is 68.7 cm³/mol. The Morgan fingerprint density at radius 3 is 2.89 bits per heavy atom. The van der Waals surface area contributed by atoms with Gasteiger partial charge in [-0.1, -0.05) is 11.6 Å². The van der Waals surface area contributed by atoms with Crippen molar-refractivity contribution in [3.8, 4) is 17.0 Å². The lowest BCUT2D eigenvalue weighted by Gasteiger charge is -2.06. The molecule has 90 valence electrons. The molecule has 6 heteroatoms. The van der Waals surface area contributed by atoms with Gasteiger partial charge < -0.3 is 4.74 Å². The van der Waals surface area contributed by atoms with Gasteiger partial charge in [0, 0.05) is 29.6 Å². The van der Waals surface area contributed by atoms with Crippen LogP contribution in [0.3, 0.4) is 0 Å². The predicted octanol–water partition coefficient (Wildman–Crippen LogP) is 2.68. The van der Waals surface area contributed by atoms with Crippen molar-refractivity contribution in [3.63, 3.8) is 0 Å². The number of ether oxygens (including phenoxy) is 1. The molecule has 1 N–H and O–H groups in total. The first-order chi connectivity index (χ1) is 8.79. The lowest BCUT2D eigenvalue weighted by molar-refractivity contribution is 0.399. The van der Waals surface area contributed by atoms with Gasteiger partial charge in [-0.25, -0.2) is 4.98 Å². The summed E-state index contributed by atoms with van der Waals surface area (Å²) in [5, 5.41) is 7.18. The Morgan fingerprint density at radius 2 is 2.17 bits per heavy atom. The first kappa shape index (κ1) is 11.0. The number of aromatic amines is 1. The van der Waals surface area contributed by atoms with Crippen molar-refractivity contribution < 1.29 is 4.74 Å². The number of hydrogen-bond acceptors (Lipinski definition) is 4. The Labute approximate surface area is 108 Å². The van der Waals surface area contributed by atoms with Crippen molar-refractivity contribution in [2.75, 3.05) is 7.11 Å². The summed E-state index contributed by atoms with van der Waals surface area (Å²) in [5.41, 5.74) is 3.01. The summed E-state index contributed by atoms with van der Waals surface area (Å²) in [6, 6.07) is 3.58. The average molecular weight is 261 g/mol. The van der Waals surface area contributed by atoms with E-state index in [0.29, 0.717) is 16.4 Å². The van der Waals surface area contributed by atoms with Crippen molar-refractivity contribution >= 4 is 22.6 Å². The van der Waals surface area contributed by atoms with E-state index in [1.165, 1.54) is 0 Å². The maximum Gasteiger partial charge on any atom is 0.213 e. The molecule has 3 rings (SSSR count). The van der Waals surface area contributed by atoms with E-state index in [1.807, 2.05) is 6.07 Å². The molecule has 0 saturated heterocycles. The van der Waals surface area contributed by atoms with Crippen molar-refractivity contribution in [2.45, 2.75) is 0 Å². The topological polar surface area (TPSA) is 63.7 Å². The maximum absolute atomic E-state index is 6.36. The number of rotatable bonds is 2. The third-order valence-electron chi connectivity index (χ3n) is 2.64. The molecule has 0 bridgehead atoms. The summed E-state index contributed by atoms with van der Waals surface area (Å²) in [5.74, 6) is 0.510. The van der Waals surface area contributed by atoms with Crippen molar-refractivity contribution in [3.05, 3.63) is 35.7 Å². The van der Waals surface area contributed by atoms with Crippen molar-refractivity contribution in [2.24, 2.45) is 0 Å². The zero-order valence-corrected chi connectivity index (χ0v) is 10.3. The highest BCUT2D eigenvalue weighted by Crippen LogP contribution is 2.32. The number of hydrogen-bond donors (Lipinski definition) is 1. The van der Waals surface area contributed by atoms with Gasteiger partial charge in [0.15, 0.2) is 0 Å². The minimum Gasteiger partial charge on any atom is -0.481 e. The Morgan fingerprint density at radius 1 is 1.28 bits per heavy atom. The molecule has 0 aliphatic rings. The van der Waals surface area contributed by atoms with Gasteiger partial charge in [0.05, 0.1) is 23.8 Å². The zero-order valence-electron chi connectivity index (χ0n) is 9.51. The number of aromatic nitrogens is 4. The van der Waals surface area contributed by atoms with Crippen LogP contribution in [0.4, 0.5) is 0 Å². The molecular weight excluding hydrogens is 252 g/mol.